The molecule has 0 saturated carbocycles. The molecule has 8 heteroatoms. The van der Waals surface area contributed by atoms with Gasteiger partial charge in [-0.05, 0) is 50.1 Å². The Morgan fingerprint density at radius 3 is 2.78 bits per heavy atom. The topological polar surface area (TPSA) is 89.1 Å². The molecule has 4 aromatic rings. The first-order valence-electron chi connectivity index (χ1n) is 10.9. The highest BCUT2D eigenvalue weighted by Gasteiger charge is 2.22. The molecule has 0 radical (unpaired) electrons. The molecule has 0 bridgehead atoms. The molecule has 1 atom stereocenters. The number of carbonyl (C=O) groups is 1. The molecule has 8 nitrogen and oxygen atoms in total. The molecule has 3 aromatic heterocycles. The predicted octanol–water partition coefficient (Wildman–Crippen LogP) is 3.79. The number of hydrogen-bond acceptors (Lipinski definition) is 6. The van der Waals surface area contributed by atoms with E-state index >= 15 is 0 Å². The van der Waals surface area contributed by atoms with E-state index in [-0.39, 0.29) is 5.91 Å². The highest BCUT2D eigenvalue weighted by molar-refractivity contribution is 5.97. The Labute approximate surface area is 186 Å². The Morgan fingerprint density at radius 2 is 2.12 bits per heavy atom. The van der Waals surface area contributed by atoms with Gasteiger partial charge in [-0.15, -0.1) is 0 Å². The molecular weight excluding hydrogens is 404 g/mol. The van der Waals surface area contributed by atoms with Crippen molar-refractivity contribution in [1.29, 1.82) is 0 Å². The van der Waals surface area contributed by atoms with Gasteiger partial charge in [-0.2, -0.15) is 0 Å². The zero-order valence-electron chi connectivity index (χ0n) is 18.5. The minimum atomic E-state index is -0.138. The largest absolute Gasteiger partial charge is 0.449 e. The van der Waals surface area contributed by atoms with E-state index in [4.69, 9.17) is 14.4 Å². The molecule has 1 aliphatic rings. The summed E-state index contributed by atoms with van der Waals surface area (Å²) in [6, 6.07) is 10.2. The van der Waals surface area contributed by atoms with Crippen LogP contribution < -0.4 is 10.2 Å². The van der Waals surface area contributed by atoms with Crippen molar-refractivity contribution in [1.82, 2.24) is 24.8 Å². The number of anilines is 1. The molecule has 1 aromatic carbocycles. The van der Waals surface area contributed by atoms with E-state index in [9.17, 15) is 4.79 Å². The summed E-state index contributed by atoms with van der Waals surface area (Å²) in [6.45, 7) is 5.62. The smallest absolute Gasteiger partial charge is 0.251 e. The van der Waals surface area contributed by atoms with Crippen LogP contribution in [0.25, 0.3) is 22.4 Å². The first-order valence-corrected chi connectivity index (χ1v) is 10.9. The van der Waals surface area contributed by atoms with E-state index in [1.165, 1.54) is 12.8 Å². The highest BCUT2D eigenvalue weighted by Crippen LogP contribution is 2.29. The molecule has 4 heterocycles. The summed E-state index contributed by atoms with van der Waals surface area (Å²) in [5.74, 6) is 2.26. The number of amides is 1. The van der Waals surface area contributed by atoms with Gasteiger partial charge in [-0.3, -0.25) is 4.79 Å². The lowest BCUT2D eigenvalue weighted by molar-refractivity contribution is 0.0963. The molecular formula is C24H26N6O2. The number of rotatable bonds is 5. The van der Waals surface area contributed by atoms with Crippen LogP contribution in [0.5, 0.6) is 0 Å². The predicted molar refractivity (Wildman–Crippen MR) is 123 cm³/mol. The summed E-state index contributed by atoms with van der Waals surface area (Å²) in [5.41, 5.74) is 3.97. The van der Waals surface area contributed by atoms with Crippen LogP contribution in [0.4, 0.5) is 5.82 Å². The Bertz CT molecular complexity index is 1270. The van der Waals surface area contributed by atoms with Gasteiger partial charge in [-0.25, -0.2) is 15.0 Å². The standard InChI is InChI=1S/C24H26N6O2/c1-15-5-4-10-29(15)22-9-7-18(12-26-22)23-28-20-11-17(24(31)25-3)6-8-21(20)30(23)13-19-14-32-16(2)27-19/h6-9,11-12,14-15H,4-5,10,13H2,1-3H3,(H,25,31)/t15-/m0/s1. The van der Waals surface area contributed by atoms with Crippen molar-refractivity contribution in [3.8, 4) is 11.4 Å². The van der Waals surface area contributed by atoms with Crippen molar-refractivity contribution in [2.24, 2.45) is 0 Å². The molecule has 1 aliphatic heterocycles. The number of oxazole rings is 1. The fraction of sp³-hybridized carbons (Fsp3) is 0.333. The second kappa shape index (κ2) is 8.11. The Kier molecular flexibility index (Phi) is 5.13. The van der Waals surface area contributed by atoms with Crippen molar-refractivity contribution in [2.75, 3.05) is 18.5 Å². The van der Waals surface area contributed by atoms with Crippen molar-refractivity contribution >= 4 is 22.8 Å². The van der Waals surface area contributed by atoms with E-state index in [0.29, 0.717) is 24.0 Å². The minimum absolute atomic E-state index is 0.138. The number of nitrogens with zero attached hydrogens (tertiary/aromatic N) is 5. The van der Waals surface area contributed by atoms with Gasteiger partial charge in [-0.1, -0.05) is 0 Å². The SMILES string of the molecule is CNC(=O)c1ccc2c(c1)nc(-c1ccc(N3CCC[C@@H]3C)nc1)n2Cc1coc(C)n1. The summed E-state index contributed by atoms with van der Waals surface area (Å²) < 4.78 is 7.50. The van der Waals surface area contributed by atoms with Gasteiger partial charge in [0.25, 0.3) is 5.91 Å². The zero-order valence-corrected chi connectivity index (χ0v) is 18.5. The van der Waals surface area contributed by atoms with Gasteiger partial charge >= 0.3 is 0 Å². The highest BCUT2D eigenvalue weighted by atomic mass is 16.3. The van der Waals surface area contributed by atoms with Gasteiger partial charge in [0.2, 0.25) is 0 Å². The fourth-order valence-electron chi connectivity index (χ4n) is 4.40. The lowest BCUT2D eigenvalue weighted by atomic mass is 10.2. The minimum Gasteiger partial charge on any atom is -0.449 e. The summed E-state index contributed by atoms with van der Waals surface area (Å²) in [6.07, 6.45) is 5.95. The van der Waals surface area contributed by atoms with E-state index < -0.39 is 0 Å². The van der Waals surface area contributed by atoms with Crippen LogP contribution in [0.1, 0.15) is 41.7 Å². The molecule has 164 valence electrons. The maximum absolute atomic E-state index is 12.1. The van der Waals surface area contributed by atoms with Crippen LogP contribution >= 0.6 is 0 Å². The van der Waals surface area contributed by atoms with Crippen LogP contribution in [0.2, 0.25) is 0 Å². The first-order chi connectivity index (χ1) is 15.5. The number of benzene rings is 1. The van der Waals surface area contributed by atoms with Gasteiger partial charge in [0.15, 0.2) is 5.89 Å². The van der Waals surface area contributed by atoms with Gasteiger partial charge in [0.05, 0.1) is 23.3 Å². The molecule has 0 unspecified atom stereocenters. The quantitative estimate of drug-likeness (QED) is 0.518. The summed E-state index contributed by atoms with van der Waals surface area (Å²) in [4.78, 5) is 28.5. The van der Waals surface area contributed by atoms with Gasteiger partial charge < -0.3 is 19.2 Å². The van der Waals surface area contributed by atoms with Crippen molar-refractivity contribution < 1.29 is 9.21 Å². The number of nitrogens with one attached hydrogen (secondary N) is 1. The van der Waals surface area contributed by atoms with Crippen molar-refractivity contribution in [2.45, 2.75) is 39.3 Å². The molecule has 1 N–H and O–H groups in total. The third kappa shape index (κ3) is 3.62. The number of hydrogen-bond donors (Lipinski definition) is 1. The molecule has 1 amide bonds. The lowest BCUT2D eigenvalue weighted by Gasteiger charge is -2.22. The van der Waals surface area contributed by atoms with Gasteiger partial charge in [0, 0.05) is 43.9 Å². The summed E-state index contributed by atoms with van der Waals surface area (Å²) in [7, 11) is 1.62. The van der Waals surface area contributed by atoms with Crippen LogP contribution in [0, 0.1) is 6.92 Å². The zero-order chi connectivity index (χ0) is 22.2. The lowest BCUT2D eigenvalue weighted by Crippen LogP contribution is -2.26. The molecule has 0 aliphatic carbocycles. The Morgan fingerprint density at radius 1 is 1.25 bits per heavy atom. The average Bonchev–Trinajstić information content (AvgIpc) is 3.52. The van der Waals surface area contributed by atoms with Crippen molar-refractivity contribution in [3.05, 3.63) is 59.9 Å². The van der Waals surface area contributed by atoms with Crippen LogP contribution in [0.15, 0.2) is 47.2 Å². The monoisotopic (exact) mass is 430 g/mol. The normalized spacial score (nSPS) is 16.1. The molecule has 0 spiro atoms. The van der Waals surface area contributed by atoms with E-state index in [1.807, 2.05) is 31.3 Å². The molecule has 5 rings (SSSR count). The Hall–Kier alpha value is -3.68. The van der Waals surface area contributed by atoms with E-state index in [2.05, 4.69) is 38.8 Å². The maximum atomic E-state index is 12.1. The number of aryl methyl sites for hydroxylation is 1. The molecule has 32 heavy (non-hydrogen) atoms. The number of carbonyl (C=O) groups excluding carboxylic acids is 1. The number of fused-ring (bicyclic) bond motifs is 1. The maximum Gasteiger partial charge on any atom is 0.251 e. The van der Waals surface area contributed by atoms with Crippen LogP contribution in [-0.2, 0) is 6.54 Å². The number of pyridine rings is 1. The third-order valence-corrected chi connectivity index (χ3v) is 6.08. The van der Waals surface area contributed by atoms with E-state index in [1.54, 1.807) is 13.3 Å². The number of imidazole rings is 1. The van der Waals surface area contributed by atoms with E-state index in [0.717, 1.165) is 40.5 Å². The summed E-state index contributed by atoms with van der Waals surface area (Å²) >= 11 is 0. The molecule has 1 fully saturated rings. The number of aromatic nitrogens is 4. The third-order valence-electron chi connectivity index (χ3n) is 6.08. The Balaban J connectivity index is 1.58. The second-order valence-corrected chi connectivity index (χ2v) is 8.25. The van der Waals surface area contributed by atoms with Crippen LogP contribution in [0.3, 0.4) is 0 Å². The fourth-order valence-corrected chi connectivity index (χ4v) is 4.40. The summed E-state index contributed by atoms with van der Waals surface area (Å²) in [5, 5.41) is 2.67. The second-order valence-electron chi connectivity index (χ2n) is 8.25. The average molecular weight is 431 g/mol. The van der Waals surface area contributed by atoms with Crippen molar-refractivity contribution in [3.63, 3.8) is 0 Å². The first kappa shape index (κ1) is 20.2. The van der Waals surface area contributed by atoms with Crippen LogP contribution in [-0.4, -0.2) is 45.1 Å². The molecule has 1 saturated heterocycles. The van der Waals surface area contributed by atoms with Gasteiger partial charge in [0.1, 0.15) is 17.9 Å².